The number of aliphatic hydroxyl groups excluding tert-OH is 1. The minimum absolute atomic E-state index is 0.313. The third-order valence-corrected chi connectivity index (χ3v) is 9.17. The SMILES string of the molecule is C[Se]CC(O)c1cc(Cl)cc2c1-c1ccc(Cl)cc1C2=Cc1cn(-c2ccc(Cl)cc2)nc1-c1ccc(C)cc1. The summed E-state index contributed by atoms with van der Waals surface area (Å²) in [6, 6.07) is 25.8. The zero-order valence-electron chi connectivity index (χ0n) is 21.8. The van der Waals surface area contributed by atoms with E-state index in [9.17, 15) is 5.11 Å². The molecule has 40 heavy (non-hydrogen) atoms. The van der Waals surface area contributed by atoms with Crippen LogP contribution in [0.2, 0.25) is 26.2 Å². The molecule has 1 unspecified atom stereocenters. The van der Waals surface area contributed by atoms with E-state index < -0.39 is 6.10 Å². The maximum atomic E-state index is 11.1. The molecule has 0 saturated heterocycles. The molecule has 1 aromatic heterocycles. The number of benzene rings is 4. The van der Waals surface area contributed by atoms with Crippen LogP contribution in [0.4, 0.5) is 0 Å². The molecule has 5 aromatic rings. The summed E-state index contributed by atoms with van der Waals surface area (Å²) in [7, 11) is 0. The van der Waals surface area contributed by atoms with E-state index in [1.807, 2.05) is 65.5 Å². The van der Waals surface area contributed by atoms with E-state index >= 15 is 0 Å². The predicted molar refractivity (Wildman–Crippen MR) is 169 cm³/mol. The monoisotopic (exact) mass is 650 g/mol. The van der Waals surface area contributed by atoms with E-state index in [4.69, 9.17) is 39.9 Å². The summed E-state index contributed by atoms with van der Waals surface area (Å²) in [5.74, 6) is 2.13. The van der Waals surface area contributed by atoms with Gasteiger partial charge in [-0.15, -0.1) is 0 Å². The van der Waals surface area contributed by atoms with Gasteiger partial charge in [0.15, 0.2) is 0 Å². The van der Waals surface area contributed by atoms with Crippen molar-refractivity contribution < 1.29 is 5.11 Å². The number of hydrogen-bond donors (Lipinski definition) is 1. The summed E-state index contributed by atoms with van der Waals surface area (Å²) in [6.45, 7) is 2.07. The fourth-order valence-corrected chi connectivity index (χ4v) is 6.78. The minimum atomic E-state index is -0.587. The summed E-state index contributed by atoms with van der Waals surface area (Å²) in [5, 5.41) is 18.8. The van der Waals surface area contributed by atoms with Gasteiger partial charge in [0, 0.05) is 5.02 Å². The first-order valence-electron chi connectivity index (χ1n) is 12.8. The molecule has 0 spiro atoms. The number of halogens is 3. The van der Waals surface area contributed by atoms with E-state index in [1.54, 1.807) is 0 Å². The van der Waals surface area contributed by atoms with Crippen LogP contribution in [0.5, 0.6) is 0 Å². The van der Waals surface area contributed by atoms with Gasteiger partial charge in [0.25, 0.3) is 0 Å². The topological polar surface area (TPSA) is 38.0 Å². The molecule has 0 radical (unpaired) electrons. The molecule has 1 aliphatic carbocycles. The van der Waals surface area contributed by atoms with Gasteiger partial charge in [-0.05, 0) is 19.1 Å². The second kappa shape index (κ2) is 11.2. The number of aliphatic hydroxyl groups is 1. The van der Waals surface area contributed by atoms with Crippen molar-refractivity contribution in [3.8, 4) is 28.1 Å². The van der Waals surface area contributed by atoms with Crippen LogP contribution >= 0.6 is 34.8 Å². The number of rotatable bonds is 6. The number of aryl methyl sites for hydroxylation is 1. The van der Waals surface area contributed by atoms with Crippen molar-refractivity contribution in [2.24, 2.45) is 0 Å². The predicted octanol–water partition coefficient (Wildman–Crippen LogP) is 9.58. The van der Waals surface area contributed by atoms with Crippen LogP contribution in [-0.2, 0) is 0 Å². The third kappa shape index (κ3) is 5.17. The second-order valence-corrected chi connectivity index (χ2v) is 13.1. The molecule has 0 saturated carbocycles. The van der Waals surface area contributed by atoms with Crippen LogP contribution in [0.1, 0.15) is 33.9 Å². The molecule has 6 rings (SSSR count). The van der Waals surface area contributed by atoms with Gasteiger partial charge in [0.1, 0.15) is 0 Å². The van der Waals surface area contributed by atoms with Crippen molar-refractivity contribution in [1.29, 1.82) is 0 Å². The standard InChI is InChI=1S/C33H25Cl3N2OSe/c1-19-3-5-20(6-4-19)33-21(17-38(37-33)25-10-7-22(34)8-11-25)13-27-28-14-23(35)9-12-26(28)32-29(27)15-24(36)16-30(32)31(39)18-40-2/h3-17,31,39H,18H2,1-2H3. The fraction of sp³-hybridized carbons (Fsp3) is 0.121. The Hall–Kier alpha value is -2.82. The normalized spacial score (nSPS) is 13.9. The van der Waals surface area contributed by atoms with Crippen molar-refractivity contribution in [1.82, 2.24) is 9.78 Å². The first-order valence-corrected chi connectivity index (χ1v) is 16.8. The van der Waals surface area contributed by atoms with Crippen molar-refractivity contribution in [3.63, 3.8) is 0 Å². The van der Waals surface area contributed by atoms with Gasteiger partial charge in [-0.1, -0.05) is 17.2 Å². The quantitative estimate of drug-likeness (QED) is 0.182. The molecular formula is C33H25Cl3N2OSe. The Balaban J connectivity index is 1.60. The van der Waals surface area contributed by atoms with Crippen molar-refractivity contribution in [2.45, 2.75) is 24.2 Å². The molecule has 0 bridgehead atoms. The zero-order chi connectivity index (χ0) is 28.0. The molecule has 1 aliphatic rings. The molecule has 7 heteroatoms. The third-order valence-electron chi connectivity index (χ3n) is 7.11. The zero-order valence-corrected chi connectivity index (χ0v) is 25.8. The van der Waals surface area contributed by atoms with Crippen molar-refractivity contribution in [2.75, 3.05) is 0 Å². The number of hydrogen-bond acceptors (Lipinski definition) is 2. The van der Waals surface area contributed by atoms with Crippen LogP contribution in [0.15, 0.2) is 85.1 Å². The molecule has 0 fully saturated rings. The van der Waals surface area contributed by atoms with Crippen LogP contribution in [0.3, 0.4) is 0 Å². The summed E-state index contributed by atoms with van der Waals surface area (Å²) in [4.78, 5) is 0. The Kier molecular flexibility index (Phi) is 7.67. The summed E-state index contributed by atoms with van der Waals surface area (Å²) in [6.07, 6.45) is 3.61. The fourth-order valence-electron chi connectivity index (χ4n) is 5.22. The van der Waals surface area contributed by atoms with Gasteiger partial charge in [0.2, 0.25) is 0 Å². The van der Waals surface area contributed by atoms with Crippen LogP contribution in [0.25, 0.3) is 39.7 Å². The Morgan fingerprint density at radius 3 is 2.27 bits per heavy atom. The summed E-state index contributed by atoms with van der Waals surface area (Å²) >= 11 is 19.7. The molecule has 1 heterocycles. The molecule has 1 N–H and O–H groups in total. The summed E-state index contributed by atoms with van der Waals surface area (Å²) < 4.78 is 1.88. The number of nitrogens with zero attached hydrogens (tertiary/aromatic N) is 2. The molecule has 1 atom stereocenters. The van der Waals surface area contributed by atoms with Gasteiger partial charge in [-0.25, -0.2) is 0 Å². The van der Waals surface area contributed by atoms with Crippen LogP contribution in [0, 0.1) is 6.92 Å². The number of aromatic nitrogens is 2. The van der Waals surface area contributed by atoms with Gasteiger partial charge in [-0.3, -0.25) is 0 Å². The molecule has 4 aromatic carbocycles. The van der Waals surface area contributed by atoms with E-state index in [0.29, 0.717) is 35.3 Å². The van der Waals surface area contributed by atoms with E-state index in [0.717, 1.165) is 55.9 Å². The number of fused-ring (bicyclic) bond motifs is 3. The second-order valence-electron chi connectivity index (χ2n) is 9.86. The Bertz CT molecular complexity index is 1760. The molecule has 3 nitrogen and oxygen atoms in total. The Morgan fingerprint density at radius 2 is 1.55 bits per heavy atom. The van der Waals surface area contributed by atoms with E-state index in [1.165, 1.54) is 5.56 Å². The first kappa shape index (κ1) is 27.4. The molecular weight excluding hydrogens is 626 g/mol. The van der Waals surface area contributed by atoms with Gasteiger partial charge in [-0.2, -0.15) is 0 Å². The Labute approximate surface area is 255 Å². The average Bonchev–Trinajstić information content (AvgIpc) is 3.48. The molecule has 0 amide bonds. The van der Waals surface area contributed by atoms with Crippen molar-refractivity contribution in [3.05, 3.63) is 128 Å². The molecule has 0 aliphatic heterocycles. The van der Waals surface area contributed by atoms with E-state index in [-0.39, 0.29) is 0 Å². The van der Waals surface area contributed by atoms with Gasteiger partial charge < -0.3 is 0 Å². The van der Waals surface area contributed by atoms with Crippen LogP contribution < -0.4 is 0 Å². The van der Waals surface area contributed by atoms with Gasteiger partial charge >= 0.3 is 215 Å². The van der Waals surface area contributed by atoms with Crippen molar-refractivity contribution >= 4 is 61.4 Å². The average molecular weight is 651 g/mol. The van der Waals surface area contributed by atoms with Crippen LogP contribution in [-0.4, -0.2) is 29.8 Å². The molecule has 200 valence electrons. The summed E-state index contributed by atoms with van der Waals surface area (Å²) in [5.41, 5.74) is 10.8. The maximum absolute atomic E-state index is 11.1. The van der Waals surface area contributed by atoms with Gasteiger partial charge in [0.05, 0.1) is 0 Å². The Morgan fingerprint density at radius 1 is 0.850 bits per heavy atom. The van der Waals surface area contributed by atoms with E-state index in [2.05, 4.69) is 43.1 Å². The first-order chi connectivity index (χ1) is 19.3.